The van der Waals surface area contributed by atoms with Crippen LogP contribution < -0.4 is 10.1 Å². The van der Waals surface area contributed by atoms with E-state index in [4.69, 9.17) is 4.74 Å². The molecule has 0 saturated heterocycles. The minimum absolute atomic E-state index is 0.0411. The highest BCUT2D eigenvalue weighted by atomic mass is 79.9. The summed E-state index contributed by atoms with van der Waals surface area (Å²) in [6.45, 7) is 1.10. The Bertz CT molecular complexity index is 367. The first kappa shape index (κ1) is 10.5. The summed E-state index contributed by atoms with van der Waals surface area (Å²) >= 11 is 3.27. The quantitative estimate of drug-likeness (QED) is 0.848. The largest absolute Gasteiger partial charge is 0.492 e. The molecule has 0 aromatic heterocycles. The zero-order valence-electron chi connectivity index (χ0n) is 8.20. The summed E-state index contributed by atoms with van der Waals surface area (Å²) in [6.07, 6.45) is 0. The summed E-state index contributed by atoms with van der Waals surface area (Å²) < 4.78 is 5.44. The first-order valence-corrected chi connectivity index (χ1v) is 6.00. The van der Waals surface area contributed by atoms with E-state index in [2.05, 4.69) is 21.2 Å². The van der Waals surface area contributed by atoms with Gasteiger partial charge in [0.2, 0.25) is 5.91 Å². The standard InChI is InChI=1S/C11H12BrNO2/c12-5-6-13-11(14)9-7-15-10-4-2-1-3-8(9)10/h1-4,9H,5-7H2,(H,13,14). The van der Waals surface area contributed by atoms with Gasteiger partial charge in [-0.15, -0.1) is 0 Å². The minimum atomic E-state index is -0.153. The highest BCUT2D eigenvalue weighted by Gasteiger charge is 2.29. The number of ether oxygens (including phenoxy) is 1. The Morgan fingerprint density at radius 1 is 1.53 bits per heavy atom. The Labute approximate surface area is 96.9 Å². The van der Waals surface area contributed by atoms with Crippen molar-refractivity contribution < 1.29 is 9.53 Å². The maximum atomic E-state index is 11.8. The smallest absolute Gasteiger partial charge is 0.231 e. The van der Waals surface area contributed by atoms with Gasteiger partial charge < -0.3 is 10.1 Å². The van der Waals surface area contributed by atoms with Gasteiger partial charge in [-0.3, -0.25) is 4.79 Å². The molecule has 0 fully saturated rings. The summed E-state index contributed by atoms with van der Waals surface area (Å²) in [7, 11) is 0. The van der Waals surface area contributed by atoms with E-state index in [1.165, 1.54) is 0 Å². The highest BCUT2D eigenvalue weighted by molar-refractivity contribution is 9.09. The summed E-state index contributed by atoms with van der Waals surface area (Å²) in [6, 6.07) is 7.68. The Morgan fingerprint density at radius 2 is 2.33 bits per heavy atom. The van der Waals surface area contributed by atoms with Crippen LogP contribution in [0.3, 0.4) is 0 Å². The van der Waals surface area contributed by atoms with Crippen LogP contribution in [-0.2, 0) is 4.79 Å². The molecule has 0 radical (unpaired) electrons. The first-order chi connectivity index (χ1) is 7.33. The van der Waals surface area contributed by atoms with Crippen LogP contribution in [0.1, 0.15) is 11.5 Å². The summed E-state index contributed by atoms with van der Waals surface area (Å²) in [5.74, 6) is 0.719. The molecule has 1 N–H and O–H groups in total. The molecule has 1 aliphatic heterocycles. The summed E-state index contributed by atoms with van der Waals surface area (Å²) in [4.78, 5) is 11.8. The van der Waals surface area contributed by atoms with E-state index in [9.17, 15) is 4.79 Å². The minimum Gasteiger partial charge on any atom is -0.492 e. The topological polar surface area (TPSA) is 38.3 Å². The Balaban J connectivity index is 2.10. The SMILES string of the molecule is O=C(NCCBr)C1COc2ccccc21. The molecule has 15 heavy (non-hydrogen) atoms. The number of hydrogen-bond donors (Lipinski definition) is 1. The van der Waals surface area contributed by atoms with Crippen LogP contribution >= 0.6 is 15.9 Å². The number of amides is 1. The van der Waals surface area contributed by atoms with E-state index >= 15 is 0 Å². The fourth-order valence-electron chi connectivity index (χ4n) is 1.67. The predicted octanol–water partition coefficient (Wildman–Crippen LogP) is 1.67. The Morgan fingerprint density at radius 3 is 3.13 bits per heavy atom. The van der Waals surface area contributed by atoms with Gasteiger partial charge in [-0.1, -0.05) is 34.1 Å². The van der Waals surface area contributed by atoms with Crippen molar-refractivity contribution in [3.8, 4) is 5.75 Å². The number of hydrogen-bond acceptors (Lipinski definition) is 2. The van der Waals surface area contributed by atoms with Crippen LogP contribution in [0, 0.1) is 0 Å². The van der Waals surface area contributed by atoms with Crippen molar-refractivity contribution in [2.45, 2.75) is 5.92 Å². The average molecular weight is 270 g/mol. The van der Waals surface area contributed by atoms with Crippen molar-refractivity contribution in [1.29, 1.82) is 0 Å². The van der Waals surface area contributed by atoms with Crippen LogP contribution in [-0.4, -0.2) is 24.4 Å². The third-order valence-electron chi connectivity index (χ3n) is 2.41. The van der Waals surface area contributed by atoms with Gasteiger partial charge in [-0.25, -0.2) is 0 Å². The average Bonchev–Trinajstić information content (AvgIpc) is 2.69. The lowest BCUT2D eigenvalue weighted by atomic mass is 10.0. The molecule has 0 aliphatic carbocycles. The Hall–Kier alpha value is -1.03. The predicted molar refractivity (Wildman–Crippen MR) is 61.5 cm³/mol. The van der Waals surface area contributed by atoms with Crippen molar-refractivity contribution in [1.82, 2.24) is 5.32 Å². The Kier molecular flexibility index (Phi) is 3.26. The molecule has 1 heterocycles. The number of alkyl halides is 1. The van der Waals surface area contributed by atoms with Crippen molar-refractivity contribution in [2.24, 2.45) is 0 Å². The maximum absolute atomic E-state index is 11.8. The molecule has 1 aromatic carbocycles. The van der Waals surface area contributed by atoms with E-state index in [0.717, 1.165) is 16.6 Å². The maximum Gasteiger partial charge on any atom is 0.231 e. The van der Waals surface area contributed by atoms with Gasteiger partial charge in [0.1, 0.15) is 18.3 Å². The second-order valence-corrected chi connectivity index (χ2v) is 4.17. The van der Waals surface area contributed by atoms with E-state index in [0.29, 0.717) is 13.2 Å². The normalized spacial score (nSPS) is 18.1. The number of benzene rings is 1. The zero-order chi connectivity index (χ0) is 10.7. The molecule has 3 nitrogen and oxygen atoms in total. The summed E-state index contributed by atoms with van der Waals surface area (Å²) in [5.41, 5.74) is 0.990. The van der Waals surface area contributed by atoms with Gasteiger partial charge in [0.25, 0.3) is 0 Å². The third kappa shape index (κ3) is 2.15. The van der Waals surface area contributed by atoms with Crippen LogP contribution in [0.4, 0.5) is 0 Å². The zero-order valence-corrected chi connectivity index (χ0v) is 9.79. The van der Waals surface area contributed by atoms with Gasteiger partial charge in [-0.05, 0) is 6.07 Å². The molecule has 4 heteroatoms. The van der Waals surface area contributed by atoms with E-state index in [-0.39, 0.29) is 11.8 Å². The molecular weight excluding hydrogens is 258 g/mol. The summed E-state index contributed by atoms with van der Waals surface area (Å²) in [5, 5.41) is 3.62. The molecule has 0 saturated carbocycles. The van der Waals surface area contributed by atoms with E-state index < -0.39 is 0 Å². The van der Waals surface area contributed by atoms with Crippen molar-refractivity contribution in [3.05, 3.63) is 29.8 Å². The van der Waals surface area contributed by atoms with Gasteiger partial charge in [0.15, 0.2) is 0 Å². The highest BCUT2D eigenvalue weighted by Crippen LogP contribution is 2.33. The van der Waals surface area contributed by atoms with E-state index in [1.807, 2.05) is 24.3 Å². The fraction of sp³-hybridized carbons (Fsp3) is 0.364. The number of para-hydroxylation sites is 1. The molecule has 0 bridgehead atoms. The molecule has 1 unspecified atom stereocenters. The van der Waals surface area contributed by atoms with Crippen LogP contribution in [0.2, 0.25) is 0 Å². The molecule has 2 rings (SSSR count). The van der Waals surface area contributed by atoms with Crippen molar-refractivity contribution >= 4 is 21.8 Å². The monoisotopic (exact) mass is 269 g/mol. The van der Waals surface area contributed by atoms with Gasteiger partial charge >= 0.3 is 0 Å². The molecule has 0 spiro atoms. The van der Waals surface area contributed by atoms with Crippen LogP contribution in [0.25, 0.3) is 0 Å². The van der Waals surface area contributed by atoms with Crippen molar-refractivity contribution in [3.63, 3.8) is 0 Å². The van der Waals surface area contributed by atoms with Gasteiger partial charge in [-0.2, -0.15) is 0 Å². The first-order valence-electron chi connectivity index (χ1n) is 4.88. The number of nitrogens with one attached hydrogen (secondary N) is 1. The second kappa shape index (κ2) is 4.66. The lowest BCUT2D eigenvalue weighted by Crippen LogP contribution is -2.31. The van der Waals surface area contributed by atoms with Crippen molar-refractivity contribution in [2.75, 3.05) is 18.5 Å². The molecule has 1 aromatic rings. The third-order valence-corrected chi connectivity index (χ3v) is 2.81. The fourth-order valence-corrected chi connectivity index (χ4v) is 1.87. The molecule has 1 aliphatic rings. The lowest BCUT2D eigenvalue weighted by molar-refractivity contribution is -0.122. The van der Waals surface area contributed by atoms with Gasteiger partial charge in [0, 0.05) is 17.4 Å². The van der Waals surface area contributed by atoms with Gasteiger partial charge in [0.05, 0.1) is 0 Å². The molecule has 80 valence electrons. The number of halogens is 1. The van der Waals surface area contributed by atoms with Crippen LogP contribution in [0.15, 0.2) is 24.3 Å². The lowest BCUT2D eigenvalue weighted by Gasteiger charge is -2.08. The molecule has 1 atom stereocenters. The number of carbonyl (C=O) groups excluding carboxylic acids is 1. The van der Waals surface area contributed by atoms with E-state index in [1.54, 1.807) is 0 Å². The molecular formula is C11H12BrNO2. The van der Waals surface area contributed by atoms with Crippen LogP contribution in [0.5, 0.6) is 5.75 Å². The number of fused-ring (bicyclic) bond motifs is 1. The molecule has 1 amide bonds. The second-order valence-electron chi connectivity index (χ2n) is 3.38. The number of rotatable bonds is 3. The number of carbonyl (C=O) groups is 1.